The average Bonchev–Trinajstić information content (AvgIpc) is 2.58. The fourth-order valence-electron chi connectivity index (χ4n) is 1.89. The zero-order valence-electron chi connectivity index (χ0n) is 6.88. The molecule has 0 aromatic heterocycles. The van der Waals surface area contributed by atoms with Gasteiger partial charge in [-0.05, 0) is 13.0 Å². The van der Waals surface area contributed by atoms with Crippen molar-refractivity contribution in [2.75, 3.05) is 37.7 Å². The molecule has 2 aliphatic heterocycles. The van der Waals surface area contributed by atoms with Gasteiger partial charge in [-0.15, -0.1) is 0 Å². The molecule has 1 N–H and O–H groups in total. The van der Waals surface area contributed by atoms with Gasteiger partial charge in [-0.1, -0.05) is 0 Å². The van der Waals surface area contributed by atoms with Crippen LogP contribution in [0.1, 0.15) is 6.42 Å². The van der Waals surface area contributed by atoms with Crippen molar-refractivity contribution in [1.29, 1.82) is 0 Å². The Kier molecular flexibility index (Phi) is 2.72. The number of thioether (sulfide) groups is 1. The zero-order valence-corrected chi connectivity index (χ0v) is 7.70. The minimum Gasteiger partial charge on any atom is -0.315 e. The number of hydrogen-bond donors (Lipinski definition) is 1. The van der Waals surface area contributed by atoms with E-state index in [0.29, 0.717) is 0 Å². The van der Waals surface area contributed by atoms with E-state index < -0.39 is 0 Å². The van der Waals surface area contributed by atoms with Gasteiger partial charge in [0.2, 0.25) is 0 Å². The van der Waals surface area contributed by atoms with Crippen molar-refractivity contribution >= 4 is 11.8 Å². The lowest BCUT2D eigenvalue weighted by molar-refractivity contribution is 0.230. The molecule has 0 aliphatic carbocycles. The first-order valence-corrected chi connectivity index (χ1v) is 5.65. The van der Waals surface area contributed by atoms with Gasteiger partial charge in [-0.3, -0.25) is 4.90 Å². The molecule has 0 radical (unpaired) electrons. The van der Waals surface area contributed by atoms with Crippen LogP contribution in [0, 0.1) is 0 Å². The number of nitrogens with one attached hydrogen (secondary N) is 1. The van der Waals surface area contributed by atoms with E-state index >= 15 is 0 Å². The van der Waals surface area contributed by atoms with E-state index in [1.165, 1.54) is 44.1 Å². The molecular formula is C8H16N2S. The lowest BCUT2D eigenvalue weighted by Crippen LogP contribution is -2.42. The van der Waals surface area contributed by atoms with Gasteiger partial charge in [0.25, 0.3) is 0 Å². The molecule has 3 heteroatoms. The second kappa shape index (κ2) is 3.78. The number of hydrogen-bond acceptors (Lipinski definition) is 3. The Balaban J connectivity index is 1.82. The van der Waals surface area contributed by atoms with E-state index in [1.807, 2.05) is 0 Å². The van der Waals surface area contributed by atoms with Crippen molar-refractivity contribution in [3.05, 3.63) is 0 Å². The van der Waals surface area contributed by atoms with Crippen LogP contribution in [0.5, 0.6) is 0 Å². The fraction of sp³-hybridized carbons (Fsp3) is 1.00. The number of nitrogens with zero attached hydrogens (tertiary/aromatic N) is 1. The summed E-state index contributed by atoms with van der Waals surface area (Å²) in [6, 6.07) is 0.857. The van der Waals surface area contributed by atoms with Crippen molar-refractivity contribution in [3.63, 3.8) is 0 Å². The van der Waals surface area contributed by atoms with Gasteiger partial charge < -0.3 is 5.32 Å². The van der Waals surface area contributed by atoms with Gasteiger partial charge in [0.15, 0.2) is 0 Å². The third kappa shape index (κ3) is 1.89. The first-order valence-electron chi connectivity index (χ1n) is 4.49. The van der Waals surface area contributed by atoms with Crippen LogP contribution in [0.4, 0.5) is 0 Å². The van der Waals surface area contributed by atoms with E-state index in [2.05, 4.69) is 22.0 Å². The Morgan fingerprint density at radius 3 is 2.73 bits per heavy atom. The summed E-state index contributed by atoms with van der Waals surface area (Å²) in [5.74, 6) is 2.69. The summed E-state index contributed by atoms with van der Waals surface area (Å²) in [4.78, 5) is 2.65. The summed E-state index contributed by atoms with van der Waals surface area (Å²) in [6.45, 7) is 5.09. The Morgan fingerprint density at radius 2 is 2.09 bits per heavy atom. The van der Waals surface area contributed by atoms with Crippen molar-refractivity contribution in [3.8, 4) is 0 Å². The van der Waals surface area contributed by atoms with E-state index in [0.717, 1.165) is 6.04 Å². The molecule has 0 bridgehead atoms. The Labute approximate surface area is 72.7 Å². The molecule has 2 nitrogen and oxygen atoms in total. The molecule has 2 aliphatic rings. The molecule has 0 saturated carbocycles. The largest absolute Gasteiger partial charge is 0.315 e. The monoisotopic (exact) mass is 172 g/mol. The molecule has 2 heterocycles. The Morgan fingerprint density at radius 1 is 1.27 bits per heavy atom. The van der Waals surface area contributed by atoms with Crippen LogP contribution < -0.4 is 5.32 Å². The van der Waals surface area contributed by atoms with Crippen molar-refractivity contribution in [2.45, 2.75) is 12.5 Å². The molecule has 0 aromatic carbocycles. The Hall–Kier alpha value is 0.270. The lowest BCUT2D eigenvalue weighted by Gasteiger charge is -2.31. The van der Waals surface area contributed by atoms with Crippen molar-refractivity contribution in [1.82, 2.24) is 10.2 Å². The van der Waals surface area contributed by atoms with Crippen LogP contribution in [-0.4, -0.2) is 48.6 Å². The lowest BCUT2D eigenvalue weighted by atomic mass is 10.2. The molecule has 0 spiro atoms. The van der Waals surface area contributed by atoms with E-state index in [-0.39, 0.29) is 0 Å². The maximum Gasteiger partial charge on any atom is 0.0233 e. The molecular weight excluding hydrogens is 156 g/mol. The topological polar surface area (TPSA) is 15.3 Å². The second-order valence-corrected chi connectivity index (χ2v) is 4.52. The predicted molar refractivity (Wildman–Crippen MR) is 50.2 cm³/mol. The highest BCUT2D eigenvalue weighted by Gasteiger charge is 2.23. The highest BCUT2D eigenvalue weighted by atomic mass is 32.2. The van der Waals surface area contributed by atoms with Crippen LogP contribution in [-0.2, 0) is 0 Å². The minimum absolute atomic E-state index is 0.857. The van der Waals surface area contributed by atoms with Crippen LogP contribution in [0.2, 0.25) is 0 Å². The van der Waals surface area contributed by atoms with E-state index in [4.69, 9.17) is 0 Å². The maximum atomic E-state index is 3.42. The first kappa shape index (κ1) is 7.90. The summed E-state index contributed by atoms with van der Waals surface area (Å²) < 4.78 is 0. The van der Waals surface area contributed by atoms with Crippen molar-refractivity contribution in [2.24, 2.45) is 0 Å². The molecule has 2 fully saturated rings. The highest BCUT2D eigenvalue weighted by Crippen LogP contribution is 2.15. The summed E-state index contributed by atoms with van der Waals surface area (Å²) in [5, 5.41) is 3.42. The molecule has 2 rings (SSSR count). The summed E-state index contributed by atoms with van der Waals surface area (Å²) in [6.07, 6.45) is 1.37. The van der Waals surface area contributed by atoms with Gasteiger partial charge in [0.1, 0.15) is 0 Å². The third-order valence-electron chi connectivity index (χ3n) is 2.60. The predicted octanol–water partition coefficient (Wildman–Crippen LogP) is 0.397. The minimum atomic E-state index is 0.857. The van der Waals surface area contributed by atoms with Crippen LogP contribution in [0.3, 0.4) is 0 Å². The molecule has 64 valence electrons. The summed E-state index contributed by atoms with van der Waals surface area (Å²) in [5.41, 5.74) is 0. The first-order chi connectivity index (χ1) is 5.47. The van der Waals surface area contributed by atoms with Gasteiger partial charge in [0, 0.05) is 37.2 Å². The molecule has 1 atom stereocenters. The van der Waals surface area contributed by atoms with Gasteiger partial charge in [0.05, 0.1) is 0 Å². The highest BCUT2D eigenvalue weighted by molar-refractivity contribution is 7.99. The van der Waals surface area contributed by atoms with Crippen LogP contribution in [0.25, 0.3) is 0 Å². The van der Waals surface area contributed by atoms with Gasteiger partial charge in [-0.2, -0.15) is 11.8 Å². The quantitative estimate of drug-likeness (QED) is 0.616. The SMILES string of the molecule is C1C[C@@H](N2CCSCC2)CN1. The van der Waals surface area contributed by atoms with E-state index in [9.17, 15) is 0 Å². The Bertz CT molecular complexity index is 117. The van der Waals surface area contributed by atoms with Crippen molar-refractivity contribution < 1.29 is 0 Å². The zero-order chi connectivity index (χ0) is 7.52. The molecule has 0 unspecified atom stereocenters. The number of rotatable bonds is 1. The van der Waals surface area contributed by atoms with Gasteiger partial charge >= 0.3 is 0 Å². The maximum absolute atomic E-state index is 3.42. The van der Waals surface area contributed by atoms with Crippen LogP contribution in [0.15, 0.2) is 0 Å². The standard InChI is InChI=1S/C8H16N2S/c1-2-9-7-8(1)10-3-5-11-6-4-10/h8-9H,1-7H2/t8-/m1/s1. The third-order valence-corrected chi connectivity index (χ3v) is 3.54. The summed E-state index contributed by atoms with van der Waals surface area (Å²) >= 11 is 2.10. The second-order valence-electron chi connectivity index (χ2n) is 3.29. The average molecular weight is 172 g/mol. The molecule has 0 amide bonds. The summed E-state index contributed by atoms with van der Waals surface area (Å²) in [7, 11) is 0. The van der Waals surface area contributed by atoms with Crippen LogP contribution >= 0.6 is 11.8 Å². The van der Waals surface area contributed by atoms with Gasteiger partial charge in [-0.25, -0.2) is 0 Å². The fourth-order valence-corrected chi connectivity index (χ4v) is 2.83. The smallest absolute Gasteiger partial charge is 0.0233 e. The normalized spacial score (nSPS) is 34.4. The molecule has 0 aromatic rings. The molecule has 2 saturated heterocycles. The molecule has 11 heavy (non-hydrogen) atoms. The van der Waals surface area contributed by atoms with E-state index in [1.54, 1.807) is 0 Å².